The lowest BCUT2D eigenvalue weighted by Crippen LogP contribution is -2.63. The maximum absolute atomic E-state index is 11.9. The van der Waals surface area contributed by atoms with Crippen molar-refractivity contribution in [2.75, 3.05) is 13.9 Å². The van der Waals surface area contributed by atoms with Crippen LogP contribution in [0.15, 0.2) is 0 Å². The monoisotopic (exact) mass is 323 g/mol. The fourth-order valence-corrected chi connectivity index (χ4v) is 4.49. The molecule has 3 atom stereocenters. The van der Waals surface area contributed by atoms with Gasteiger partial charge in [-0.05, 0) is 13.8 Å². The molecule has 96 valence electrons. The molecule has 1 amide bonds. The van der Waals surface area contributed by atoms with Crippen molar-refractivity contribution in [1.82, 2.24) is 4.90 Å². The zero-order valence-electron chi connectivity index (χ0n) is 9.81. The van der Waals surface area contributed by atoms with Crippen molar-refractivity contribution in [2.45, 2.75) is 34.8 Å². The van der Waals surface area contributed by atoms with Crippen LogP contribution in [-0.4, -0.2) is 51.7 Å². The molecule has 5 nitrogen and oxygen atoms in total. The minimum atomic E-state index is -0.533. The van der Waals surface area contributed by atoms with Gasteiger partial charge in [0.15, 0.2) is 6.79 Å². The molecular formula is C10H14BrNO4S. The highest BCUT2D eigenvalue weighted by atomic mass is 79.9. The van der Waals surface area contributed by atoms with Crippen LogP contribution in [0, 0.1) is 0 Å². The lowest BCUT2D eigenvalue weighted by atomic mass is 9.98. The van der Waals surface area contributed by atoms with Gasteiger partial charge in [0.25, 0.3) is 0 Å². The average Bonchev–Trinajstić information content (AvgIpc) is 2.54. The molecule has 0 aromatic carbocycles. The van der Waals surface area contributed by atoms with Crippen LogP contribution in [0.4, 0.5) is 0 Å². The minimum absolute atomic E-state index is 0.0256. The number of hydrogen-bond acceptors (Lipinski definition) is 5. The van der Waals surface area contributed by atoms with Crippen LogP contribution in [0.1, 0.15) is 13.8 Å². The van der Waals surface area contributed by atoms with E-state index < -0.39 is 12.0 Å². The van der Waals surface area contributed by atoms with Gasteiger partial charge in [-0.2, -0.15) is 0 Å². The zero-order valence-corrected chi connectivity index (χ0v) is 12.2. The molecular weight excluding hydrogens is 310 g/mol. The maximum atomic E-state index is 11.9. The first-order valence-corrected chi connectivity index (χ1v) is 6.99. The summed E-state index contributed by atoms with van der Waals surface area (Å²) in [4.78, 5) is 25.1. The van der Waals surface area contributed by atoms with E-state index in [0.717, 1.165) is 0 Å². The summed E-state index contributed by atoms with van der Waals surface area (Å²) in [7, 11) is 1.45. The first kappa shape index (κ1) is 13.2. The van der Waals surface area contributed by atoms with Crippen LogP contribution in [0.3, 0.4) is 0 Å². The molecule has 7 heteroatoms. The number of thioether (sulfide) groups is 1. The predicted octanol–water partition coefficient (Wildman–Crippen LogP) is 0.959. The summed E-state index contributed by atoms with van der Waals surface area (Å²) in [6, 6.07) is -0.533. The summed E-state index contributed by atoms with van der Waals surface area (Å²) in [5.41, 5.74) is 0. The number of alkyl halides is 1. The average molecular weight is 324 g/mol. The summed E-state index contributed by atoms with van der Waals surface area (Å²) in [5, 5.41) is 0.0256. The Hall–Kier alpha value is -0.270. The summed E-state index contributed by atoms with van der Waals surface area (Å²) in [5.74, 6) is -0.452. The number of carbonyl (C=O) groups is 2. The Bertz CT molecular complexity index is 362. The number of β-lactam (4-membered cyclic amide) rings is 1. The molecule has 0 unspecified atom stereocenters. The topological polar surface area (TPSA) is 55.8 Å². The zero-order chi connectivity index (χ0) is 12.8. The van der Waals surface area contributed by atoms with Crippen LogP contribution < -0.4 is 0 Å². The van der Waals surface area contributed by atoms with E-state index in [1.807, 2.05) is 13.8 Å². The Balaban J connectivity index is 2.14. The smallest absolute Gasteiger partial charge is 0.332 e. The van der Waals surface area contributed by atoms with Crippen LogP contribution >= 0.6 is 27.7 Å². The Labute approximate surface area is 112 Å². The third-order valence-electron chi connectivity index (χ3n) is 2.92. The Morgan fingerprint density at radius 2 is 2.24 bits per heavy atom. The van der Waals surface area contributed by atoms with E-state index in [1.54, 1.807) is 16.7 Å². The highest BCUT2D eigenvalue weighted by Gasteiger charge is 2.63. The number of amides is 1. The molecule has 2 aliphatic rings. The number of methoxy groups -OCH3 is 1. The van der Waals surface area contributed by atoms with Gasteiger partial charge in [-0.15, -0.1) is 11.8 Å². The van der Waals surface area contributed by atoms with Crippen molar-refractivity contribution < 1.29 is 19.1 Å². The van der Waals surface area contributed by atoms with Crippen molar-refractivity contribution in [3.63, 3.8) is 0 Å². The molecule has 0 aromatic heterocycles. The van der Waals surface area contributed by atoms with Gasteiger partial charge in [0.2, 0.25) is 5.91 Å². The normalized spacial score (nSPS) is 34.2. The number of nitrogens with zero attached hydrogens (tertiary/aromatic N) is 1. The van der Waals surface area contributed by atoms with Gasteiger partial charge in [0, 0.05) is 11.9 Å². The quantitative estimate of drug-likeness (QED) is 0.335. The van der Waals surface area contributed by atoms with Crippen LogP contribution in [0.5, 0.6) is 0 Å². The molecule has 0 spiro atoms. The van der Waals surface area contributed by atoms with Crippen LogP contribution in [-0.2, 0) is 19.1 Å². The molecule has 2 heterocycles. The van der Waals surface area contributed by atoms with Crippen molar-refractivity contribution >= 4 is 39.6 Å². The number of carbonyl (C=O) groups excluding carboxylic acids is 2. The molecule has 2 fully saturated rings. The Morgan fingerprint density at radius 1 is 1.59 bits per heavy atom. The maximum Gasteiger partial charge on any atom is 0.332 e. The largest absolute Gasteiger partial charge is 0.437 e. The summed E-state index contributed by atoms with van der Waals surface area (Å²) >= 11 is 4.94. The fourth-order valence-electron chi connectivity index (χ4n) is 2.14. The number of rotatable bonds is 3. The summed E-state index contributed by atoms with van der Waals surface area (Å²) in [6.45, 7) is 3.81. The van der Waals surface area contributed by atoms with E-state index in [0.29, 0.717) is 0 Å². The van der Waals surface area contributed by atoms with Gasteiger partial charge in [0.1, 0.15) is 16.2 Å². The van der Waals surface area contributed by atoms with Crippen molar-refractivity contribution in [1.29, 1.82) is 0 Å². The molecule has 0 aromatic rings. The van der Waals surface area contributed by atoms with Crippen molar-refractivity contribution in [3.8, 4) is 0 Å². The lowest BCUT2D eigenvalue weighted by molar-refractivity contribution is -0.168. The predicted molar refractivity (Wildman–Crippen MR) is 66.8 cm³/mol. The first-order valence-electron chi connectivity index (χ1n) is 5.20. The first-order chi connectivity index (χ1) is 7.90. The van der Waals surface area contributed by atoms with Gasteiger partial charge < -0.3 is 14.4 Å². The summed E-state index contributed by atoms with van der Waals surface area (Å²) in [6.07, 6.45) is 0. The van der Waals surface area contributed by atoms with Gasteiger partial charge in [-0.3, -0.25) is 4.79 Å². The van der Waals surface area contributed by atoms with Crippen LogP contribution in [0.25, 0.3) is 0 Å². The molecule has 2 saturated heterocycles. The van der Waals surface area contributed by atoms with E-state index in [9.17, 15) is 9.59 Å². The number of ether oxygens (including phenoxy) is 2. The number of hydrogen-bond donors (Lipinski definition) is 0. The molecule has 0 aliphatic carbocycles. The van der Waals surface area contributed by atoms with E-state index in [-0.39, 0.29) is 27.6 Å². The Morgan fingerprint density at radius 3 is 2.82 bits per heavy atom. The highest BCUT2D eigenvalue weighted by molar-refractivity contribution is 9.10. The molecule has 17 heavy (non-hydrogen) atoms. The highest BCUT2D eigenvalue weighted by Crippen LogP contribution is 2.52. The van der Waals surface area contributed by atoms with E-state index in [1.165, 1.54) is 7.11 Å². The molecule has 0 N–H and O–H groups in total. The standard InChI is InChI=1S/C10H14BrNO4S/c1-10(2)6(9(14)16-4-15-3)12-7(13)5(11)8(12)17-10/h5-6,8H,4H2,1-3H3/t5-,6+,8-/m1/s1. The van der Waals surface area contributed by atoms with Gasteiger partial charge >= 0.3 is 5.97 Å². The van der Waals surface area contributed by atoms with Crippen LogP contribution in [0.2, 0.25) is 0 Å². The van der Waals surface area contributed by atoms with Gasteiger partial charge in [-0.25, -0.2) is 4.79 Å². The van der Waals surface area contributed by atoms with Crippen molar-refractivity contribution in [2.24, 2.45) is 0 Å². The van der Waals surface area contributed by atoms with Gasteiger partial charge in [-0.1, -0.05) is 15.9 Å². The second-order valence-electron chi connectivity index (χ2n) is 4.53. The second-order valence-corrected chi connectivity index (χ2v) is 7.29. The van der Waals surface area contributed by atoms with Crippen molar-refractivity contribution in [3.05, 3.63) is 0 Å². The molecule has 0 saturated carbocycles. The third kappa shape index (κ3) is 1.98. The number of esters is 1. The number of fused-ring (bicyclic) bond motifs is 1. The molecule has 2 rings (SSSR count). The SMILES string of the molecule is COCOC(=O)[C@@H]1N2C(=O)[C@@H](Br)[C@H]2SC1(C)C. The van der Waals surface area contributed by atoms with E-state index in [2.05, 4.69) is 15.9 Å². The van der Waals surface area contributed by atoms with E-state index >= 15 is 0 Å². The van der Waals surface area contributed by atoms with Gasteiger partial charge in [0.05, 0.1) is 0 Å². The molecule has 0 bridgehead atoms. The Kier molecular flexibility index (Phi) is 3.44. The molecule has 0 radical (unpaired) electrons. The number of halogens is 1. The molecule has 2 aliphatic heterocycles. The minimum Gasteiger partial charge on any atom is -0.437 e. The second kappa shape index (κ2) is 4.44. The van der Waals surface area contributed by atoms with E-state index in [4.69, 9.17) is 9.47 Å². The summed E-state index contributed by atoms with van der Waals surface area (Å²) < 4.78 is 9.33. The third-order valence-corrected chi connectivity index (χ3v) is 5.73. The lowest BCUT2D eigenvalue weighted by Gasteiger charge is -2.41. The fraction of sp³-hybridized carbons (Fsp3) is 0.800.